The van der Waals surface area contributed by atoms with Gasteiger partial charge in [-0.1, -0.05) is 30.3 Å². The van der Waals surface area contributed by atoms with Crippen LogP contribution in [0.4, 0.5) is 5.69 Å². The molecule has 1 fully saturated rings. The maximum atomic E-state index is 12.1. The second-order valence-electron chi connectivity index (χ2n) is 10.1. The third-order valence-electron chi connectivity index (χ3n) is 7.44. The first-order valence-corrected chi connectivity index (χ1v) is 13.2. The van der Waals surface area contributed by atoms with Crippen molar-refractivity contribution in [1.82, 2.24) is 25.0 Å². The summed E-state index contributed by atoms with van der Waals surface area (Å²) in [6.45, 7) is 5.19. The summed E-state index contributed by atoms with van der Waals surface area (Å²) >= 11 is 0. The van der Waals surface area contributed by atoms with Crippen molar-refractivity contribution in [3.05, 3.63) is 95.3 Å². The molecule has 2 aromatic heterocycles. The third-order valence-corrected chi connectivity index (χ3v) is 7.44. The van der Waals surface area contributed by atoms with Gasteiger partial charge in [-0.3, -0.25) is 4.90 Å². The number of methoxy groups -OCH3 is 1. The van der Waals surface area contributed by atoms with Crippen molar-refractivity contribution in [3.63, 3.8) is 0 Å². The summed E-state index contributed by atoms with van der Waals surface area (Å²) in [7, 11) is 3.50. The van der Waals surface area contributed by atoms with Crippen LogP contribution in [0.25, 0.3) is 21.7 Å². The monoisotopic (exact) mass is 534 g/mol. The minimum absolute atomic E-state index is 0.0320. The Morgan fingerprint density at radius 1 is 0.950 bits per heavy atom. The van der Waals surface area contributed by atoms with Gasteiger partial charge in [0.15, 0.2) is 5.88 Å². The fourth-order valence-corrected chi connectivity index (χ4v) is 5.14. The highest BCUT2D eigenvalue weighted by Gasteiger charge is 2.21. The van der Waals surface area contributed by atoms with Crippen LogP contribution in [0.2, 0.25) is 0 Å². The van der Waals surface area contributed by atoms with Crippen LogP contribution in [0.15, 0.2) is 78.0 Å². The van der Waals surface area contributed by atoms with Gasteiger partial charge in [-0.2, -0.15) is 10.2 Å². The van der Waals surface area contributed by atoms with Gasteiger partial charge in [0.2, 0.25) is 0 Å². The van der Waals surface area contributed by atoms with Gasteiger partial charge < -0.3 is 19.7 Å². The molecule has 40 heavy (non-hydrogen) atoms. The molecule has 3 heterocycles. The number of aromatic amines is 1. The molecule has 1 aliphatic heterocycles. The number of hydrogen-bond donors (Lipinski definition) is 2. The van der Waals surface area contributed by atoms with E-state index in [-0.39, 0.29) is 5.88 Å². The SMILES string of the molecule is COC(=O)c1ccc2c(C(=Nc3ccc(CN4CCN(C)CC4)cc3)c3ccc4cnncc4c3)c(O)[nH]c2c1. The number of ether oxygens (including phenoxy) is 1. The Morgan fingerprint density at radius 2 is 1.68 bits per heavy atom. The van der Waals surface area contributed by atoms with Crippen LogP contribution in [-0.4, -0.2) is 82.1 Å². The lowest BCUT2D eigenvalue weighted by molar-refractivity contribution is 0.0601. The fourth-order valence-electron chi connectivity index (χ4n) is 5.14. The number of carbonyl (C=O) groups excluding carboxylic acids is 1. The summed E-state index contributed by atoms with van der Waals surface area (Å²) in [6, 6.07) is 19.3. The molecule has 1 aliphatic rings. The fraction of sp³-hybridized carbons (Fsp3) is 0.226. The number of piperazine rings is 1. The minimum Gasteiger partial charge on any atom is -0.494 e. The standard InChI is InChI=1S/C31H30N6O3/c1-36-11-13-37(14-12-36)19-20-3-8-25(9-4-20)34-29(21-5-6-23-17-32-33-18-24(23)15-21)28-26-10-7-22(31(39)40-2)16-27(26)35-30(28)38/h3-10,15-18,35,38H,11-14,19H2,1-2H3. The number of likely N-dealkylation sites (N-methyl/N-ethyl adjacent to an activating group) is 1. The molecule has 5 aromatic rings. The molecule has 3 aromatic carbocycles. The smallest absolute Gasteiger partial charge is 0.337 e. The summed E-state index contributed by atoms with van der Waals surface area (Å²) in [6.07, 6.45) is 3.42. The van der Waals surface area contributed by atoms with E-state index in [2.05, 4.69) is 44.2 Å². The average Bonchev–Trinajstić information content (AvgIpc) is 3.31. The lowest BCUT2D eigenvalue weighted by Crippen LogP contribution is -2.43. The highest BCUT2D eigenvalue weighted by atomic mass is 16.5. The molecule has 0 saturated carbocycles. The highest BCUT2D eigenvalue weighted by molar-refractivity contribution is 6.22. The van der Waals surface area contributed by atoms with E-state index in [1.165, 1.54) is 12.7 Å². The number of aromatic nitrogens is 3. The number of fused-ring (bicyclic) bond motifs is 2. The van der Waals surface area contributed by atoms with E-state index >= 15 is 0 Å². The van der Waals surface area contributed by atoms with Gasteiger partial charge in [0, 0.05) is 60.0 Å². The molecule has 0 radical (unpaired) electrons. The molecule has 0 spiro atoms. The van der Waals surface area contributed by atoms with Crippen molar-refractivity contribution in [1.29, 1.82) is 0 Å². The molecule has 6 rings (SSSR count). The molecule has 0 aliphatic carbocycles. The van der Waals surface area contributed by atoms with E-state index in [9.17, 15) is 9.90 Å². The number of hydrogen-bond acceptors (Lipinski definition) is 8. The van der Waals surface area contributed by atoms with Crippen LogP contribution in [0.1, 0.15) is 27.0 Å². The van der Waals surface area contributed by atoms with E-state index in [1.807, 2.05) is 30.3 Å². The van der Waals surface area contributed by atoms with Gasteiger partial charge in [-0.15, -0.1) is 0 Å². The highest BCUT2D eigenvalue weighted by Crippen LogP contribution is 2.33. The molecule has 0 unspecified atom stereocenters. The van der Waals surface area contributed by atoms with Crippen molar-refractivity contribution >= 4 is 39.0 Å². The second kappa shape index (κ2) is 10.9. The number of aliphatic imine (C=N–C) groups is 1. The maximum Gasteiger partial charge on any atom is 0.337 e. The zero-order valence-corrected chi connectivity index (χ0v) is 22.5. The zero-order valence-electron chi connectivity index (χ0n) is 22.5. The summed E-state index contributed by atoms with van der Waals surface area (Å²) in [5, 5.41) is 21.7. The Hall–Kier alpha value is -4.60. The van der Waals surface area contributed by atoms with Crippen LogP contribution >= 0.6 is 0 Å². The third kappa shape index (κ3) is 5.16. The number of nitrogens with zero attached hydrogens (tertiary/aromatic N) is 5. The van der Waals surface area contributed by atoms with Crippen molar-refractivity contribution in [3.8, 4) is 5.88 Å². The zero-order chi connectivity index (χ0) is 27.6. The first-order valence-electron chi connectivity index (χ1n) is 13.2. The van der Waals surface area contributed by atoms with E-state index in [4.69, 9.17) is 9.73 Å². The van der Waals surface area contributed by atoms with Crippen LogP contribution in [0.5, 0.6) is 5.88 Å². The Labute approximate surface area is 231 Å². The topological polar surface area (TPSA) is 107 Å². The van der Waals surface area contributed by atoms with Gasteiger partial charge in [0.25, 0.3) is 0 Å². The average molecular weight is 535 g/mol. The molecule has 2 N–H and O–H groups in total. The predicted molar refractivity (Wildman–Crippen MR) is 155 cm³/mol. The Balaban J connectivity index is 1.42. The molecule has 0 amide bonds. The molecular weight excluding hydrogens is 504 g/mol. The number of rotatable bonds is 6. The lowest BCUT2D eigenvalue weighted by atomic mass is 9.98. The van der Waals surface area contributed by atoms with Crippen LogP contribution in [-0.2, 0) is 11.3 Å². The van der Waals surface area contributed by atoms with Crippen LogP contribution < -0.4 is 0 Å². The lowest BCUT2D eigenvalue weighted by Gasteiger charge is -2.32. The van der Waals surface area contributed by atoms with Gasteiger partial charge in [0.05, 0.1) is 42.0 Å². The number of benzene rings is 3. The van der Waals surface area contributed by atoms with Gasteiger partial charge in [-0.05, 0) is 42.9 Å². The predicted octanol–water partition coefficient (Wildman–Crippen LogP) is 4.52. The van der Waals surface area contributed by atoms with E-state index < -0.39 is 5.97 Å². The largest absolute Gasteiger partial charge is 0.494 e. The Bertz CT molecular complexity index is 1720. The number of nitrogens with one attached hydrogen (secondary N) is 1. The minimum atomic E-state index is -0.446. The summed E-state index contributed by atoms with van der Waals surface area (Å²) < 4.78 is 4.87. The molecule has 0 atom stereocenters. The maximum absolute atomic E-state index is 12.1. The number of esters is 1. The normalized spacial score (nSPS) is 15.1. The first-order chi connectivity index (χ1) is 19.5. The van der Waals surface area contributed by atoms with Gasteiger partial charge in [0.1, 0.15) is 0 Å². The molecule has 202 valence electrons. The number of aromatic hydroxyl groups is 1. The van der Waals surface area contributed by atoms with E-state index in [0.29, 0.717) is 22.4 Å². The molecule has 9 nitrogen and oxygen atoms in total. The van der Waals surface area contributed by atoms with Gasteiger partial charge >= 0.3 is 5.97 Å². The quantitative estimate of drug-likeness (QED) is 0.244. The molecule has 9 heteroatoms. The summed E-state index contributed by atoms with van der Waals surface area (Å²) in [5.41, 5.74) is 4.97. The summed E-state index contributed by atoms with van der Waals surface area (Å²) in [4.78, 5) is 25.0. The first kappa shape index (κ1) is 25.7. The van der Waals surface area contributed by atoms with Gasteiger partial charge in [-0.25, -0.2) is 9.79 Å². The Kier molecular flexibility index (Phi) is 6.98. The van der Waals surface area contributed by atoms with E-state index in [1.54, 1.807) is 30.6 Å². The molecular formula is C31H30N6O3. The summed E-state index contributed by atoms with van der Waals surface area (Å²) in [5.74, 6) is -0.478. The van der Waals surface area contributed by atoms with Crippen LogP contribution in [0.3, 0.4) is 0 Å². The number of carbonyl (C=O) groups is 1. The van der Waals surface area contributed by atoms with E-state index in [0.717, 1.165) is 60.1 Å². The van der Waals surface area contributed by atoms with Crippen molar-refractivity contribution in [2.24, 2.45) is 4.99 Å². The van der Waals surface area contributed by atoms with Crippen molar-refractivity contribution < 1.29 is 14.6 Å². The van der Waals surface area contributed by atoms with Crippen molar-refractivity contribution in [2.75, 3.05) is 40.3 Å². The second-order valence-corrected chi connectivity index (χ2v) is 10.1. The number of H-pyrrole nitrogens is 1. The molecule has 0 bridgehead atoms. The van der Waals surface area contributed by atoms with Crippen LogP contribution in [0, 0.1) is 0 Å². The molecule has 1 saturated heterocycles. The van der Waals surface area contributed by atoms with Crippen molar-refractivity contribution in [2.45, 2.75) is 6.54 Å². The Morgan fingerprint density at radius 3 is 2.42 bits per heavy atom.